The van der Waals surface area contributed by atoms with Crippen molar-refractivity contribution in [2.24, 2.45) is 11.8 Å². The van der Waals surface area contributed by atoms with E-state index >= 15 is 0 Å². The zero-order valence-electron chi connectivity index (χ0n) is 7.09. The number of hydrogen-bond donors (Lipinski definition) is 0. The molecule has 1 saturated carbocycles. The molecule has 1 nitrogen and oxygen atoms in total. The fourth-order valence-corrected chi connectivity index (χ4v) is 2.81. The van der Waals surface area contributed by atoms with Gasteiger partial charge in [0.1, 0.15) is 0 Å². The van der Waals surface area contributed by atoms with Crippen LogP contribution in [0.25, 0.3) is 0 Å². The second-order valence-electron chi connectivity index (χ2n) is 3.96. The Morgan fingerprint density at radius 2 is 2.00 bits per heavy atom. The lowest BCUT2D eigenvalue weighted by molar-refractivity contribution is 0.0463. The lowest BCUT2D eigenvalue weighted by Crippen LogP contribution is -2.46. The molecule has 3 unspecified atom stereocenters. The van der Waals surface area contributed by atoms with Gasteiger partial charge in [-0.3, -0.25) is 4.90 Å². The molecular formula is C9H16IN. The normalized spacial score (nSPS) is 40.9. The van der Waals surface area contributed by atoms with E-state index in [1.807, 2.05) is 0 Å². The fourth-order valence-electron chi connectivity index (χ4n) is 2.31. The van der Waals surface area contributed by atoms with Gasteiger partial charge in [-0.15, -0.1) is 0 Å². The monoisotopic (exact) mass is 265 g/mol. The largest absolute Gasteiger partial charge is 0.292 e. The number of alkyl halides is 1. The molecule has 0 bridgehead atoms. The number of piperidine rings is 1. The van der Waals surface area contributed by atoms with Crippen molar-refractivity contribution < 1.29 is 0 Å². The van der Waals surface area contributed by atoms with Crippen molar-refractivity contribution in [1.29, 1.82) is 0 Å². The Bertz CT molecular complexity index is 146. The summed E-state index contributed by atoms with van der Waals surface area (Å²) in [6.45, 7) is 5.04. The highest BCUT2D eigenvalue weighted by atomic mass is 127. The Balaban J connectivity index is 1.88. The van der Waals surface area contributed by atoms with Crippen LogP contribution in [0.3, 0.4) is 0 Å². The van der Waals surface area contributed by atoms with Crippen LogP contribution in [0, 0.1) is 11.8 Å². The minimum atomic E-state index is 0.745. The highest BCUT2D eigenvalue weighted by Crippen LogP contribution is 2.41. The van der Waals surface area contributed by atoms with Crippen LogP contribution >= 0.6 is 22.6 Å². The predicted molar refractivity (Wildman–Crippen MR) is 55.9 cm³/mol. The van der Waals surface area contributed by atoms with Gasteiger partial charge in [0.25, 0.3) is 0 Å². The molecule has 2 heteroatoms. The van der Waals surface area contributed by atoms with Crippen LogP contribution in [-0.2, 0) is 0 Å². The first-order chi connectivity index (χ1) is 5.27. The third-order valence-corrected chi connectivity index (χ3v) is 4.12. The van der Waals surface area contributed by atoms with Gasteiger partial charge in [0.2, 0.25) is 0 Å². The maximum Gasteiger partial charge on any atom is 0.0590 e. The molecule has 2 rings (SSSR count). The smallest absolute Gasteiger partial charge is 0.0590 e. The average molecular weight is 265 g/mol. The molecule has 1 heterocycles. The van der Waals surface area contributed by atoms with Gasteiger partial charge in [0.05, 0.1) is 4.05 Å². The summed E-state index contributed by atoms with van der Waals surface area (Å²) in [4.78, 5) is 2.63. The minimum absolute atomic E-state index is 0.745. The van der Waals surface area contributed by atoms with E-state index in [0.717, 1.165) is 15.9 Å². The third-order valence-electron chi connectivity index (χ3n) is 3.33. The van der Waals surface area contributed by atoms with Crippen molar-refractivity contribution in [3.63, 3.8) is 0 Å². The van der Waals surface area contributed by atoms with E-state index in [0.29, 0.717) is 0 Å². The molecule has 0 N–H and O–H groups in total. The molecule has 0 spiro atoms. The summed E-state index contributed by atoms with van der Waals surface area (Å²) >= 11 is 2.53. The number of hydrogen-bond acceptors (Lipinski definition) is 1. The number of nitrogens with zero attached hydrogens (tertiary/aromatic N) is 1. The lowest BCUT2D eigenvalue weighted by atomic mass is 9.69. The summed E-state index contributed by atoms with van der Waals surface area (Å²) in [7, 11) is 0. The first-order valence-corrected chi connectivity index (χ1v) is 5.90. The van der Waals surface area contributed by atoms with Gasteiger partial charge in [-0.2, -0.15) is 0 Å². The Labute approximate surface area is 82.7 Å². The molecule has 0 aromatic heterocycles. The fraction of sp³-hybridized carbons (Fsp3) is 1.00. The van der Waals surface area contributed by atoms with E-state index < -0.39 is 0 Å². The van der Waals surface area contributed by atoms with Crippen molar-refractivity contribution in [2.75, 3.05) is 13.1 Å². The average Bonchev–Trinajstić information content (AvgIpc) is 1.91. The molecule has 0 radical (unpaired) electrons. The van der Waals surface area contributed by atoms with E-state index in [9.17, 15) is 0 Å². The molecule has 0 aromatic rings. The standard InChI is InChI=1S/C9H16IN/c1-7(10)11-5-4-8-2-3-9(8)6-11/h7-9H,2-6H2,1H3. The van der Waals surface area contributed by atoms with Crippen molar-refractivity contribution in [1.82, 2.24) is 4.90 Å². The summed E-state index contributed by atoms with van der Waals surface area (Å²) in [6.07, 6.45) is 4.50. The summed E-state index contributed by atoms with van der Waals surface area (Å²) in [6, 6.07) is 0. The zero-order chi connectivity index (χ0) is 7.84. The van der Waals surface area contributed by atoms with Gasteiger partial charge in [-0.1, -0.05) is 22.6 Å². The molecule has 0 amide bonds. The number of fused-ring (bicyclic) bond motifs is 1. The van der Waals surface area contributed by atoms with Gasteiger partial charge < -0.3 is 0 Å². The Morgan fingerprint density at radius 1 is 1.27 bits per heavy atom. The predicted octanol–water partition coefficient (Wildman–Crippen LogP) is 2.50. The third kappa shape index (κ3) is 1.57. The topological polar surface area (TPSA) is 3.24 Å². The summed E-state index contributed by atoms with van der Waals surface area (Å²) in [5.41, 5.74) is 0. The Hall–Kier alpha value is 0.690. The van der Waals surface area contributed by atoms with Crippen molar-refractivity contribution >= 4 is 22.6 Å². The molecule has 0 aromatic carbocycles. The van der Waals surface area contributed by atoms with Crippen LogP contribution in [0.2, 0.25) is 0 Å². The van der Waals surface area contributed by atoms with E-state index in [2.05, 4.69) is 34.4 Å². The van der Waals surface area contributed by atoms with Crippen LogP contribution < -0.4 is 0 Å². The van der Waals surface area contributed by atoms with E-state index in [1.54, 1.807) is 0 Å². The second kappa shape index (κ2) is 3.21. The number of likely N-dealkylation sites (tertiary alicyclic amines) is 1. The number of halogens is 1. The minimum Gasteiger partial charge on any atom is -0.292 e. The molecule has 1 aliphatic heterocycles. The highest BCUT2D eigenvalue weighted by molar-refractivity contribution is 14.1. The molecular weight excluding hydrogens is 249 g/mol. The van der Waals surface area contributed by atoms with Gasteiger partial charge in [0, 0.05) is 6.54 Å². The quantitative estimate of drug-likeness (QED) is 0.400. The van der Waals surface area contributed by atoms with Gasteiger partial charge in [-0.25, -0.2) is 0 Å². The molecule has 64 valence electrons. The lowest BCUT2D eigenvalue weighted by Gasteiger charge is -2.46. The van der Waals surface area contributed by atoms with Crippen LogP contribution in [-0.4, -0.2) is 22.0 Å². The highest BCUT2D eigenvalue weighted by Gasteiger charge is 2.36. The second-order valence-corrected chi connectivity index (χ2v) is 5.76. The van der Waals surface area contributed by atoms with Gasteiger partial charge >= 0.3 is 0 Å². The SMILES string of the molecule is CC(I)N1CCC2CCC2C1. The van der Waals surface area contributed by atoms with E-state index in [4.69, 9.17) is 0 Å². The molecule has 1 saturated heterocycles. The number of rotatable bonds is 1. The van der Waals surface area contributed by atoms with Crippen LogP contribution in [0.5, 0.6) is 0 Å². The summed E-state index contributed by atoms with van der Waals surface area (Å²) < 4.78 is 0.745. The molecule has 3 atom stereocenters. The van der Waals surface area contributed by atoms with Gasteiger partial charge in [0.15, 0.2) is 0 Å². The maximum absolute atomic E-state index is 2.63. The molecule has 2 aliphatic rings. The molecule has 1 aliphatic carbocycles. The van der Waals surface area contributed by atoms with Crippen molar-refractivity contribution in [2.45, 2.75) is 30.2 Å². The van der Waals surface area contributed by atoms with Crippen LogP contribution in [0.4, 0.5) is 0 Å². The first-order valence-electron chi connectivity index (χ1n) is 4.65. The van der Waals surface area contributed by atoms with Crippen molar-refractivity contribution in [3.05, 3.63) is 0 Å². The summed E-state index contributed by atoms with van der Waals surface area (Å²) in [5.74, 6) is 2.18. The molecule has 11 heavy (non-hydrogen) atoms. The summed E-state index contributed by atoms with van der Waals surface area (Å²) in [5, 5.41) is 0. The van der Waals surface area contributed by atoms with Gasteiger partial charge in [-0.05, 0) is 44.6 Å². The van der Waals surface area contributed by atoms with Crippen molar-refractivity contribution in [3.8, 4) is 0 Å². The van der Waals surface area contributed by atoms with Crippen LogP contribution in [0.1, 0.15) is 26.2 Å². The van der Waals surface area contributed by atoms with E-state index in [1.165, 1.54) is 32.4 Å². The van der Waals surface area contributed by atoms with E-state index in [-0.39, 0.29) is 0 Å². The first kappa shape index (κ1) is 8.30. The molecule has 2 fully saturated rings. The maximum atomic E-state index is 2.63. The Morgan fingerprint density at radius 3 is 2.45 bits per heavy atom. The Kier molecular flexibility index (Phi) is 2.42. The van der Waals surface area contributed by atoms with Crippen LogP contribution in [0.15, 0.2) is 0 Å². The zero-order valence-corrected chi connectivity index (χ0v) is 9.25.